The Morgan fingerprint density at radius 1 is 1.57 bits per heavy atom. The smallest absolute Gasteiger partial charge is 0.308 e. The lowest BCUT2D eigenvalue weighted by molar-refractivity contribution is -0.146. The summed E-state index contributed by atoms with van der Waals surface area (Å²) in [5.74, 6) is 0.219. The van der Waals surface area contributed by atoms with E-state index in [1.54, 1.807) is 0 Å². The third-order valence-corrected chi connectivity index (χ3v) is 2.16. The van der Waals surface area contributed by atoms with E-state index in [1.807, 2.05) is 6.92 Å². The van der Waals surface area contributed by atoms with Gasteiger partial charge in [-0.25, -0.2) is 0 Å². The molecule has 0 saturated carbocycles. The van der Waals surface area contributed by atoms with E-state index in [-0.39, 0.29) is 5.97 Å². The van der Waals surface area contributed by atoms with Crippen molar-refractivity contribution in [2.75, 3.05) is 33.0 Å². The largest absolute Gasteiger partial charge is 0.465 e. The standard InChI is InChI=1S/C10H18O4/c1-2-12-6-4-10(11)14-8-9-3-5-13-7-9/h9H,2-8H2,1H3. The van der Waals surface area contributed by atoms with Gasteiger partial charge in [-0.05, 0) is 13.3 Å². The maximum Gasteiger partial charge on any atom is 0.308 e. The molecule has 82 valence electrons. The van der Waals surface area contributed by atoms with Gasteiger partial charge >= 0.3 is 5.97 Å². The predicted molar refractivity (Wildman–Crippen MR) is 51.0 cm³/mol. The highest BCUT2D eigenvalue weighted by Gasteiger charge is 2.17. The summed E-state index contributed by atoms with van der Waals surface area (Å²) >= 11 is 0. The summed E-state index contributed by atoms with van der Waals surface area (Å²) in [6, 6.07) is 0. The van der Waals surface area contributed by atoms with Crippen LogP contribution < -0.4 is 0 Å². The molecule has 4 nitrogen and oxygen atoms in total. The van der Waals surface area contributed by atoms with Crippen molar-refractivity contribution >= 4 is 5.97 Å². The second-order valence-electron chi connectivity index (χ2n) is 3.36. The topological polar surface area (TPSA) is 44.8 Å². The molecule has 4 heteroatoms. The highest BCUT2D eigenvalue weighted by atomic mass is 16.5. The van der Waals surface area contributed by atoms with Crippen molar-refractivity contribution in [2.24, 2.45) is 5.92 Å². The van der Waals surface area contributed by atoms with Gasteiger partial charge < -0.3 is 14.2 Å². The summed E-state index contributed by atoms with van der Waals surface area (Å²) in [5.41, 5.74) is 0. The Morgan fingerprint density at radius 3 is 3.07 bits per heavy atom. The Hall–Kier alpha value is -0.610. The predicted octanol–water partition coefficient (Wildman–Crippen LogP) is 0.993. The van der Waals surface area contributed by atoms with Crippen molar-refractivity contribution in [3.05, 3.63) is 0 Å². The number of esters is 1. The van der Waals surface area contributed by atoms with Gasteiger partial charge in [-0.3, -0.25) is 4.79 Å². The van der Waals surface area contributed by atoms with Crippen LogP contribution in [0.4, 0.5) is 0 Å². The zero-order valence-corrected chi connectivity index (χ0v) is 8.66. The van der Waals surface area contributed by atoms with Crippen LogP contribution in [0, 0.1) is 5.92 Å². The molecule has 1 rings (SSSR count). The number of hydrogen-bond donors (Lipinski definition) is 0. The molecule has 1 atom stereocenters. The van der Waals surface area contributed by atoms with E-state index in [0.717, 1.165) is 19.6 Å². The van der Waals surface area contributed by atoms with Crippen molar-refractivity contribution in [1.29, 1.82) is 0 Å². The van der Waals surface area contributed by atoms with Gasteiger partial charge in [0.1, 0.15) is 0 Å². The van der Waals surface area contributed by atoms with Crippen molar-refractivity contribution in [2.45, 2.75) is 19.8 Å². The zero-order chi connectivity index (χ0) is 10.2. The summed E-state index contributed by atoms with van der Waals surface area (Å²) in [4.78, 5) is 11.1. The molecule has 1 aliphatic rings. The van der Waals surface area contributed by atoms with Gasteiger partial charge in [0.05, 0.1) is 26.2 Å². The van der Waals surface area contributed by atoms with Crippen molar-refractivity contribution in [1.82, 2.24) is 0 Å². The summed E-state index contributed by atoms with van der Waals surface area (Å²) < 4.78 is 15.3. The summed E-state index contributed by atoms with van der Waals surface area (Å²) in [7, 11) is 0. The summed E-state index contributed by atoms with van der Waals surface area (Å²) in [6.07, 6.45) is 1.35. The molecule has 0 aliphatic carbocycles. The van der Waals surface area contributed by atoms with Crippen molar-refractivity contribution < 1.29 is 19.0 Å². The molecule has 0 aromatic carbocycles. The van der Waals surface area contributed by atoms with Crippen LogP contribution in [0.3, 0.4) is 0 Å². The minimum atomic E-state index is -0.176. The van der Waals surface area contributed by atoms with Gasteiger partial charge in [0, 0.05) is 19.1 Å². The van der Waals surface area contributed by atoms with E-state index < -0.39 is 0 Å². The molecule has 0 spiro atoms. The van der Waals surface area contributed by atoms with Crippen LogP contribution in [-0.2, 0) is 19.0 Å². The van der Waals surface area contributed by atoms with E-state index in [1.165, 1.54) is 0 Å². The lowest BCUT2D eigenvalue weighted by Gasteiger charge is -2.08. The van der Waals surface area contributed by atoms with Gasteiger partial charge in [-0.15, -0.1) is 0 Å². The Kier molecular flexibility index (Phi) is 5.56. The molecular formula is C10H18O4. The Bertz CT molecular complexity index is 164. The van der Waals surface area contributed by atoms with Crippen LogP contribution >= 0.6 is 0 Å². The molecule has 1 heterocycles. The third-order valence-electron chi connectivity index (χ3n) is 2.16. The summed E-state index contributed by atoms with van der Waals surface area (Å²) in [5, 5.41) is 0. The van der Waals surface area contributed by atoms with E-state index in [2.05, 4.69) is 0 Å². The fourth-order valence-corrected chi connectivity index (χ4v) is 1.30. The van der Waals surface area contributed by atoms with Gasteiger partial charge in [-0.2, -0.15) is 0 Å². The summed E-state index contributed by atoms with van der Waals surface area (Å²) in [6.45, 7) is 5.01. The van der Waals surface area contributed by atoms with Crippen LogP contribution in [0.5, 0.6) is 0 Å². The van der Waals surface area contributed by atoms with Gasteiger partial charge in [0.25, 0.3) is 0 Å². The quantitative estimate of drug-likeness (QED) is 0.476. The Balaban J connectivity index is 1.96. The normalized spacial score (nSPS) is 21.1. The maximum absolute atomic E-state index is 11.1. The first-order valence-electron chi connectivity index (χ1n) is 5.14. The van der Waals surface area contributed by atoms with E-state index >= 15 is 0 Å². The number of hydrogen-bond acceptors (Lipinski definition) is 4. The van der Waals surface area contributed by atoms with Crippen LogP contribution in [0.2, 0.25) is 0 Å². The molecule has 14 heavy (non-hydrogen) atoms. The van der Waals surface area contributed by atoms with Gasteiger partial charge in [0.15, 0.2) is 0 Å². The molecule has 0 aromatic rings. The van der Waals surface area contributed by atoms with Crippen LogP contribution in [0.25, 0.3) is 0 Å². The Morgan fingerprint density at radius 2 is 2.43 bits per heavy atom. The molecular weight excluding hydrogens is 184 g/mol. The van der Waals surface area contributed by atoms with Crippen LogP contribution in [-0.4, -0.2) is 39.0 Å². The lowest BCUT2D eigenvalue weighted by Crippen LogP contribution is -2.15. The second kappa shape index (κ2) is 6.79. The van der Waals surface area contributed by atoms with Crippen LogP contribution in [0.15, 0.2) is 0 Å². The van der Waals surface area contributed by atoms with Gasteiger partial charge in [-0.1, -0.05) is 0 Å². The fourth-order valence-electron chi connectivity index (χ4n) is 1.30. The molecule has 0 aromatic heterocycles. The van der Waals surface area contributed by atoms with Gasteiger partial charge in [0.2, 0.25) is 0 Å². The first-order valence-corrected chi connectivity index (χ1v) is 5.14. The molecule has 1 fully saturated rings. The first kappa shape index (κ1) is 11.5. The molecule has 1 saturated heterocycles. The maximum atomic E-state index is 11.1. The number of carbonyl (C=O) groups excluding carboxylic acids is 1. The number of carbonyl (C=O) groups is 1. The van der Waals surface area contributed by atoms with Crippen molar-refractivity contribution in [3.63, 3.8) is 0 Å². The monoisotopic (exact) mass is 202 g/mol. The highest BCUT2D eigenvalue weighted by Crippen LogP contribution is 2.12. The first-order chi connectivity index (χ1) is 6.83. The lowest BCUT2D eigenvalue weighted by atomic mass is 10.1. The number of rotatable bonds is 6. The minimum Gasteiger partial charge on any atom is -0.465 e. The molecule has 0 radical (unpaired) electrons. The number of ether oxygens (including phenoxy) is 3. The SMILES string of the molecule is CCOCCC(=O)OCC1CCOC1. The van der Waals surface area contributed by atoms with E-state index in [9.17, 15) is 4.79 Å². The fraction of sp³-hybridized carbons (Fsp3) is 0.900. The Labute approximate surface area is 84.5 Å². The highest BCUT2D eigenvalue weighted by molar-refractivity contribution is 5.69. The third kappa shape index (κ3) is 4.58. The molecule has 0 N–H and O–H groups in total. The molecule has 0 amide bonds. The second-order valence-corrected chi connectivity index (χ2v) is 3.36. The molecule has 1 aliphatic heterocycles. The average Bonchev–Trinajstić information content (AvgIpc) is 2.68. The van der Waals surface area contributed by atoms with E-state index in [0.29, 0.717) is 32.2 Å². The zero-order valence-electron chi connectivity index (χ0n) is 8.66. The molecule has 0 bridgehead atoms. The van der Waals surface area contributed by atoms with E-state index in [4.69, 9.17) is 14.2 Å². The van der Waals surface area contributed by atoms with Crippen LogP contribution in [0.1, 0.15) is 19.8 Å². The van der Waals surface area contributed by atoms with Crippen molar-refractivity contribution in [3.8, 4) is 0 Å². The average molecular weight is 202 g/mol. The minimum absolute atomic E-state index is 0.176. The molecule has 1 unspecified atom stereocenters.